The van der Waals surface area contributed by atoms with Crippen molar-refractivity contribution in [3.8, 4) is 16.9 Å². The molecular weight excluding hydrogens is 386 g/mol. The van der Waals surface area contributed by atoms with Gasteiger partial charge in [0, 0.05) is 27.7 Å². The van der Waals surface area contributed by atoms with Gasteiger partial charge in [-0.05, 0) is 36.8 Å². The Balaban J connectivity index is 1.94. The third-order valence-electron chi connectivity index (χ3n) is 4.24. The van der Waals surface area contributed by atoms with Crippen molar-refractivity contribution in [2.24, 2.45) is 0 Å². The van der Waals surface area contributed by atoms with Crippen LogP contribution in [-0.4, -0.2) is 16.3 Å². The Bertz CT molecular complexity index is 996. The molecule has 0 unspecified atom stereocenters. The van der Waals surface area contributed by atoms with Crippen LogP contribution in [-0.2, 0) is 12.6 Å². The monoisotopic (exact) mass is 397 g/mol. The first kappa shape index (κ1) is 17.2. The summed E-state index contributed by atoms with van der Waals surface area (Å²) in [6.45, 7) is 0.635. The molecule has 0 aliphatic carbocycles. The van der Waals surface area contributed by atoms with Gasteiger partial charge in [0.1, 0.15) is 5.82 Å². The molecule has 1 N–H and O–H groups in total. The summed E-state index contributed by atoms with van der Waals surface area (Å²) < 4.78 is 41.8. The minimum Gasteiger partial charge on any atom is -0.369 e. The lowest BCUT2D eigenvalue weighted by Crippen LogP contribution is -2.13. The van der Waals surface area contributed by atoms with Crippen LogP contribution in [0.1, 0.15) is 11.1 Å². The van der Waals surface area contributed by atoms with Gasteiger partial charge in [-0.25, -0.2) is 4.68 Å². The van der Waals surface area contributed by atoms with E-state index < -0.39 is 11.7 Å². The molecule has 1 aliphatic heterocycles. The molecule has 0 saturated carbocycles. The molecule has 0 bridgehead atoms. The van der Waals surface area contributed by atoms with Gasteiger partial charge in [-0.3, -0.25) is 0 Å². The summed E-state index contributed by atoms with van der Waals surface area (Å²) in [5.74, 6) is 0.563. The molecule has 0 radical (unpaired) electrons. The van der Waals surface area contributed by atoms with E-state index in [2.05, 4.69) is 10.4 Å². The molecule has 8 heteroatoms. The molecule has 1 aromatic heterocycles. The number of anilines is 1. The van der Waals surface area contributed by atoms with Gasteiger partial charge in [0.25, 0.3) is 0 Å². The highest BCUT2D eigenvalue weighted by Crippen LogP contribution is 2.40. The van der Waals surface area contributed by atoms with Crippen LogP contribution in [0.4, 0.5) is 19.0 Å². The number of nitrogens with one attached hydrogen (secondary N) is 1. The largest absolute Gasteiger partial charge is 0.418 e. The number of benzene rings is 2. The SMILES string of the molecule is FC(F)(F)c1cc(Cl)ccc1-n1nc(-c2cccc(Cl)c2)c2c1NCC2. The maximum absolute atomic E-state index is 13.5. The van der Waals surface area contributed by atoms with Crippen molar-refractivity contribution in [2.75, 3.05) is 11.9 Å². The summed E-state index contributed by atoms with van der Waals surface area (Å²) in [4.78, 5) is 0. The number of hydrogen-bond donors (Lipinski definition) is 1. The zero-order chi connectivity index (χ0) is 18.5. The number of nitrogens with zero attached hydrogens (tertiary/aromatic N) is 2. The van der Waals surface area contributed by atoms with Gasteiger partial charge in [-0.15, -0.1) is 0 Å². The van der Waals surface area contributed by atoms with Crippen molar-refractivity contribution in [1.29, 1.82) is 0 Å². The zero-order valence-corrected chi connectivity index (χ0v) is 14.8. The van der Waals surface area contributed by atoms with Crippen molar-refractivity contribution >= 4 is 29.0 Å². The standard InChI is InChI=1S/C18H12Cl2F3N3/c19-11-3-1-2-10(8-11)16-13-6-7-24-17(13)26(25-16)15-5-4-12(20)9-14(15)18(21,22)23/h1-5,8-9,24H,6-7H2. The molecule has 4 rings (SSSR count). The average molecular weight is 398 g/mol. The van der Waals surface area contributed by atoms with Gasteiger partial charge < -0.3 is 5.32 Å². The Morgan fingerprint density at radius 2 is 1.81 bits per heavy atom. The second kappa shape index (κ2) is 6.21. The van der Waals surface area contributed by atoms with Crippen LogP contribution in [0.2, 0.25) is 10.0 Å². The van der Waals surface area contributed by atoms with Gasteiger partial charge in [-0.2, -0.15) is 18.3 Å². The highest BCUT2D eigenvalue weighted by atomic mass is 35.5. The van der Waals surface area contributed by atoms with Crippen LogP contribution < -0.4 is 5.32 Å². The van der Waals surface area contributed by atoms with Crippen molar-refractivity contribution in [1.82, 2.24) is 9.78 Å². The average Bonchev–Trinajstić information content (AvgIpc) is 3.16. The van der Waals surface area contributed by atoms with Crippen molar-refractivity contribution in [2.45, 2.75) is 12.6 Å². The Hall–Kier alpha value is -2.18. The van der Waals surface area contributed by atoms with Gasteiger partial charge in [0.05, 0.1) is 16.9 Å². The molecule has 1 aliphatic rings. The van der Waals surface area contributed by atoms with Gasteiger partial charge in [0.2, 0.25) is 0 Å². The second-order valence-corrected chi connectivity index (χ2v) is 6.81. The molecule has 3 aromatic rings. The van der Waals surface area contributed by atoms with Crippen molar-refractivity contribution in [3.05, 3.63) is 63.6 Å². The Kier molecular flexibility index (Phi) is 4.12. The van der Waals surface area contributed by atoms with E-state index in [-0.39, 0.29) is 10.7 Å². The first-order chi connectivity index (χ1) is 12.3. The fourth-order valence-corrected chi connectivity index (χ4v) is 3.50. The molecule has 0 amide bonds. The summed E-state index contributed by atoms with van der Waals surface area (Å²) >= 11 is 11.8. The topological polar surface area (TPSA) is 29.9 Å². The lowest BCUT2D eigenvalue weighted by Gasteiger charge is -2.15. The summed E-state index contributed by atoms with van der Waals surface area (Å²) in [5.41, 5.74) is 1.35. The number of halogens is 5. The van der Waals surface area contributed by atoms with Crippen LogP contribution in [0.25, 0.3) is 16.9 Å². The minimum atomic E-state index is -4.55. The highest BCUT2D eigenvalue weighted by molar-refractivity contribution is 6.31. The predicted molar refractivity (Wildman–Crippen MR) is 96.2 cm³/mol. The number of rotatable bonds is 2. The summed E-state index contributed by atoms with van der Waals surface area (Å²) in [6.07, 6.45) is -3.87. The van der Waals surface area contributed by atoms with E-state index in [1.165, 1.54) is 16.8 Å². The molecule has 26 heavy (non-hydrogen) atoms. The van der Waals surface area contributed by atoms with Crippen molar-refractivity contribution < 1.29 is 13.2 Å². The lowest BCUT2D eigenvalue weighted by molar-refractivity contribution is -0.137. The lowest BCUT2D eigenvalue weighted by atomic mass is 10.1. The molecule has 0 fully saturated rings. The predicted octanol–water partition coefficient (Wildman–Crippen LogP) is 5.83. The fourth-order valence-electron chi connectivity index (χ4n) is 3.14. The molecule has 2 aromatic carbocycles. The fraction of sp³-hybridized carbons (Fsp3) is 0.167. The van der Waals surface area contributed by atoms with Crippen LogP contribution in [0.5, 0.6) is 0 Å². The van der Waals surface area contributed by atoms with Crippen LogP contribution in [0.15, 0.2) is 42.5 Å². The van der Waals surface area contributed by atoms with Crippen molar-refractivity contribution in [3.63, 3.8) is 0 Å². The highest BCUT2D eigenvalue weighted by Gasteiger charge is 2.36. The summed E-state index contributed by atoms with van der Waals surface area (Å²) in [7, 11) is 0. The van der Waals surface area contributed by atoms with Crippen LogP contribution in [0.3, 0.4) is 0 Å². The van der Waals surface area contributed by atoms with E-state index in [1.54, 1.807) is 18.2 Å². The normalized spacial score (nSPS) is 13.6. The molecule has 3 nitrogen and oxygen atoms in total. The molecule has 0 atom stereocenters. The number of hydrogen-bond acceptors (Lipinski definition) is 2. The maximum Gasteiger partial charge on any atom is 0.418 e. The molecular formula is C18H12Cl2F3N3. The van der Waals surface area contributed by atoms with E-state index in [9.17, 15) is 13.2 Å². The smallest absolute Gasteiger partial charge is 0.369 e. The third-order valence-corrected chi connectivity index (χ3v) is 4.71. The first-order valence-electron chi connectivity index (χ1n) is 7.83. The van der Waals surface area contributed by atoms with E-state index >= 15 is 0 Å². The number of alkyl halides is 3. The second-order valence-electron chi connectivity index (χ2n) is 5.93. The van der Waals surface area contributed by atoms with E-state index in [4.69, 9.17) is 23.2 Å². The first-order valence-corrected chi connectivity index (χ1v) is 8.59. The number of aromatic nitrogens is 2. The summed E-state index contributed by atoms with van der Waals surface area (Å²) in [6, 6.07) is 10.8. The molecule has 134 valence electrons. The maximum atomic E-state index is 13.5. The molecule has 0 saturated heterocycles. The van der Waals surface area contributed by atoms with Gasteiger partial charge in [-0.1, -0.05) is 35.3 Å². The minimum absolute atomic E-state index is 0.0212. The molecule has 2 heterocycles. The third kappa shape index (κ3) is 2.93. The Morgan fingerprint density at radius 3 is 2.54 bits per heavy atom. The van der Waals surface area contributed by atoms with Gasteiger partial charge in [0.15, 0.2) is 0 Å². The number of fused-ring (bicyclic) bond motifs is 1. The Morgan fingerprint density at radius 1 is 1.04 bits per heavy atom. The van der Waals surface area contributed by atoms with E-state index in [0.29, 0.717) is 29.5 Å². The van der Waals surface area contributed by atoms with Gasteiger partial charge >= 0.3 is 6.18 Å². The quantitative estimate of drug-likeness (QED) is 0.589. The summed E-state index contributed by atoms with van der Waals surface area (Å²) in [5, 5.41) is 8.16. The Labute approximate surface area is 157 Å². The molecule has 0 spiro atoms. The van der Waals surface area contributed by atoms with Crippen LogP contribution in [0, 0.1) is 0 Å². The van der Waals surface area contributed by atoms with E-state index in [0.717, 1.165) is 17.2 Å². The zero-order valence-electron chi connectivity index (χ0n) is 13.2. The van der Waals surface area contributed by atoms with E-state index in [1.807, 2.05) is 6.07 Å². The van der Waals surface area contributed by atoms with Crippen LogP contribution >= 0.6 is 23.2 Å².